The van der Waals surface area contributed by atoms with Gasteiger partial charge < -0.3 is 14.8 Å². The van der Waals surface area contributed by atoms with Crippen molar-refractivity contribution in [2.45, 2.75) is 38.3 Å². The first kappa shape index (κ1) is 41.4. The molecule has 8 aromatic rings. The summed E-state index contributed by atoms with van der Waals surface area (Å²) in [4.78, 5) is 32.3. The average Bonchev–Trinajstić information content (AvgIpc) is 3.98. The van der Waals surface area contributed by atoms with Crippen LogP contribution in [0.1, 0.15) is 45.2 Å². The number of carboxylic acids is 2. The average molecular weight is 953 g/mol. The second-order valence-corrected chi connectivity index (χ2v) is 16.9. The summed E-state index contributed by atoms with van der Waals surface area (Å²) in [7, 11) is 0. The van der Waals surface area contributed by atoms with Gasteiger partial charge in [-0.15, -0.1) is 0 Å². The maximum Gasteiger partial charge on any atom is 0.338 e. The van der Waals surface area contributed by atoms with E-state index in [1.807, 2.05) is 10.6 Å². The minimum Gasteiger partial charge on any atom is -0.478 e. The van der Waals surface area contributed by atoms with Crippen molar-refractivity contribution in [3.63, 3.8) is 0 Å². The molecule has 0 bridgehead atoms. The van der Waals surface area contributed by atoms with Crippen LogP contribution in [0.5, 0.6) is 0 Å². The van der Waals surface area contributed by atoms with E-state index in [1.54, 1.807) is 59.7 Å². The summed E-state index contributed by atoms with van der Waals surface area (Å²) in [6.07, 6.45) is 8.29. The Morgan fingerprint density at radius 1 is 0.633 bits per heavy atom. The lowest BCUT2D eigenvalue weighted by atomic mass is 10.2. The molecule has 0 amide bonds. The van der Waals surface area contributed by atoms with E-state index in [0.29, 0.717) is 42.1 Å². The molecule has 0 spiro atoms. The Morgan fingerprint density at radius 3 is 1.57 bits per heavy atom. The van der Waals surface area contributed by atoms with Crippen molar-refractivity contribution < 1.29 is 37.4 Å². The van der Waals surface area contributed by atoms with E-state index >= 15 is 4.39 Å². The summed E-state index contributed by atoms with van der Waals surface area (Å²) in [5, 5.41) is 19.5. The fourth-order valence-corrected chi connectivity index (χ4v) is 10.1. The van der Waals surface area contributed by atoms with Crippen LogP contribution in [0.3, 0.4) is 0 Å². The smallest absolute Gasteiger partial charge is 0.338 e. The molecule has 60 heavy (non-hydrogen) atoms. The van der Waals surface area contributed by atoms with Crippen LogP contribution in [-0.4, -0.2) is 41.3 Å². The van der Waals surface area contributed by atoms with E-state index in [4.69, 9.17) is 28.3 Å². The number of pyridine rings is 2. The highest BCUT2D eigenvalue weighted by Gasteiger charge is 2.35. The molecule has 0 unspecified atom stereocenters. The van der Waals surface area contributed by atoms with Crippen LogP contribution in [0.25, 0.3) is 33.2 Å². The van der Waals surface area contributed by atoms with Crippen LogP contribution in [0.4, 0.5) is 17.6 Å². The zero-order chi connectivity index (χ0) is 42.4. The molecule has 4 heterocycles. The zero-order valence-electron chi connectivity index (χ0n) is 30.3. The van der Waals surface area contributed by atoms with Crippen LogP contribution in [-0.2, 0) is 0 Å². The molecule has 8 nitrogen and oxygen atoms in total. The molecule has 0 atom stereocenters. The van der Waals surface area contributed by atoms with Crippen molar-refractivity contribution in [1.29, 1.82) is 0 Å². The number of rotatable bonds is 9. The number of halogens is 7. The molecule has 0 radical (unpaired) electrons. The first-order valence-electron chi connectivity index (χ1n) is 17.8. The minimum absolute atomic E-state index is 0.00640. The van der Waals surface area contributed by atoms with Crippen molar-refractivity contribution in [1.82, 2.24) is 19.1 Å². The number of benzene rings is 4. The molecule has 1 aliphatic carbocycles. The van der Waals surface area contributed by atoms with E-state index in [9.17, 15) is 27.9 Å². The lowest BCUT2D eigenvalue weighted by molar-refractivity contribution is 0.0680. The van der Waals surface area contributed by atoms with Crippen LogP contribution >= 0.6 is 62.7 Å². The number of carbonyl (C=O) groups is 2. The number of hydrogen-bond donors (Lipinski definition) is 2. The first-order valence-corrected chi connectivity index (χ1v) is 21.0. The van der Waals surface area contributed by atoms with Gasteiger partial charge in [-0.3, -0.25) is 14.5 Å². The highest BCUT2D eigenvalue weighted by molar-refractivity contribution is 9.10. The van der Waals surface area contributed by atoms with E-state index in [1.165, 1.54) is 48.5 Å². The Morgan fingerprint density at radius 2 is 1.10 bits per heavy atom. The van der Waals surface area contributed by atoms with Gasteiger partial charge in [0.05, 0.1) is 60.9 Å². The predicted octanol–water partition coefficient (Wildman–Crippen LogP) is 13.3. The van der Waals surface area contributed by atoms with Gasteiger partial charge in [-0.25, -0.2) is 27.2 Å². The van der Waals surface area contributed by atoms with Gasteiger partial charge in [-0.2, -0.15) is 0 Å². The number of carboxylic acid groups (broad SMARTS) is 2. The van der Waals surface area contributed by atoms with Gasteiger partial charge in [0.2, 0.25) is 0 Å². The topological polar surface area (TPSA) is 110 Å². The maximum absolute atomic E-state index is 15.3. The van der Waals surface area contributed by atoms with E-state index in [2.05, 4.69) is 25.9 Å². The molecule has 0 aliphatic heterocycles. The van der Waals surface area contributed by atoms with E-state index < -0.39 is 46.3 Å². The fourth-order valence-electron chi connectivity index (χ4n) is 6.70. The van der Waals surface area contributed by atoms with Crippen molar-refractivity contribution in [2.75, 3.05) is 0 Å². The van der Waals surface area contributed by atoms with E-state index in [-0.39, 0.29) is 31.3 Å². The monoisotopic (exact) mass is 950 g/mol. The third kappa shape index (κ3) is 7.64. The lowest BCUT2D eigenvalue weighted by Gasteiger charge is -2.12. The summed E-state index contributed by atoms with van der Waals surface area (Å²) in [6.45, 7) is 0. The standard InChI is InChI=1S/C23H15ClF2N2O2S.C20H10BrClF2N2O2S/c24-16-9-8-15-21(19(16)26)28(13-3-2-10-27-11-13)20(12-6-7-12)22(15)31-17-5-1-4-14(18(17)25)23(29)30;21-19-18(29-14-5-1-4-11(15(14)23)20(27)28)12-6-7-13(22)16(24)17(12)26(19)10-3-2-8-25-9-10/h1-5,8-12H,6-7H2,(H,29,30);1-9H,(H,27,28). The third-order valence-corrected chi connectivity index (χ3v) is 13.4. The number of nitrogens with zero attached hydrogens (tertiary/aromatic N) is 4. The highest BCUT2D eigenvalue weighted by atomic mass is 79.9. The summed E-state index contributed by atoms with van der Waals surface area (Å²) in [6, 6.07) is 21.7. The van der Waals surface area contributed by atoms with Gasteiger partial charge in [-0.05, 0) is 102 Å². The van der Waals surface area contributed by atoms with Crippen LogP contribution in [0.2, 0.25) is 10.0 Å². The molecule has 9 rings (SSSR count). The Hall–Kier alpha value is -5.32. The molecular formula is C43H25BrCl2F4N4O4S2. The molecule has 4 aromatic carbocycles. The Labute approximate surface area is 364 Å². The highest BCUT2D eigenvalue weighted by Crippen LogP contribution is 2.52. The second-order valence-electron chi connectivity index (χ2n) is 13.3. The van der Waals surface area contributed by atoms with Crippen molar-refractivity contribution >= 4 is 96.4 Å². The molecule has 1 aliphatic rings. The van der Waals surface area contributed by atoms with Gasteiger partial charge in [0.15, 0.2) is 23.3 Å². The fraction of sp³-hybridized carbons (Fsp3) is 0.0698. The largest absolute Gasteiger partial charge is 0.478 e. The van der Waals surface area contributed by atoms with Crippen LogP contribution in [0, 0.1) is 23.3 Å². The molecule has 0 saturated heterocycles. The molecular weight excluding hydrogens is 927 g/mol. The Kier molecular flexibility index (Phi) is 11.7. The molecule has 302 valence electrons. The summed E-state index contributed by atoms with van der Waals surface area (Å²) in [5.41, 5.74) is 1.79. The van der Waals surface area contributed by atoms with Gasteiger partial charge in [0.25, 0.3) is 0 Å². The molecule has 1 saturated carbocycles. The zero-order valence-corrected chi connectivity index (χ0v) is 35.1. The van der Waals surface area contributed by atoms with Crippen molar-refractivity contribution in [3.8, 4) is 11.4 Å². The summed E-state index contributed by atoms with van der Waals surface area (Å²) < 4.78 is 63.7. The Balaban J connectivity index is 0.000000167. The third-order valence-electron chi connectivity index (χ3n) is 9.52. The predicted molar refractivity (Wildman–Crippen MR) is 227 cm³/mol. The minimum atomic E-state index is -1.36. The van der Waals surface area contributed by atoms with Crippen molar-refractivity contribution in [2.24, 2.45) is 0 Å². The summed E-state index contributed by atoms with van der Waals surface area (Å²) in [5.74, 6) is -5.36. The summed E-state index contributed by atoms with van der Waals surface area (Å²) >= 11 is 17.7. The molecule has 4 aromatic heterocycles. The first-order chi connectivity index (χ1) is 28.9. The van der Waals surface area contributed by atoms with E-state index in [0.717, 1.165) is 42.1 Å². The lowest BCUT2D eigenvalue weighted by Crippen LogP contribution is -2.02. The van der Waals surface area contributed by atoms with Gasteiger partial charge in [0.1, 0.15) is 4.60 Å². The molecule has 17 heteroatoms. The van der Waals surface area contributed by atoms with Crippen LogP contribution in [0.15, 0.2) is 134 Å². The van der Waals surface area contributed by atoms with Gasteiger partial charge in [-0.1, -0.05) is 58.9 Å². The number of aromatic nitrogens is 4. The Bertz CT molecular complexity index is 3010. The molecule has 1 fully saturated rings. The van der Waals surface area contributed by atoms with Crippen LogP contribution < -0.4 is 0 Å². The number of fused-ring (bicyclic) bond motifs is 2. The second kappa shape index (κ2) is 17.0. The maximum atomic E-state index is 15.3. The van der Waals surface area contributed by atoms with Crippen molar-refractivity contribution in [3.05, 3.63) is 164 Å². The van der Waals surface area contributed by atoms with Gasteiger partial charge >= 0.3 is 11.9 Å². The molecule has 2 N–H and O–H groups in total. The SMILES string of the molecule is O=C(O)c1cccc(Sc2c(Br)n(-c3cccnc3)c3c(F)c(Cl)ccc23)c1F.O=C(O)c1cccc(Sc2c(C3CC3)n(-c3cccnc3)c3c(F)c(Cl)ccc23)c1F. The number of hydrogen-bond acceptors (Lipinski definition) is 6. The van der Waals surface area contributed by atoms with Gasteiger partial charge in [0, 0.05) is 49.5 Å². The number of aromatic carboxylic acids is 2. The quantitative estimate of drug-likeness (QED) is 0.138. The normalized spacial score (nSPS) is 12.4.